The third kappa shape index (κ3) is 2.13. The fourth-order valence-electron chi connectivity index (χ4n) is 1.49. The third-order valence-corrected chi connectivity index (χ3v) is 3.22. The molecule has 0 bridgehead atoms. The molecule has 0 saturated carbocycles. The summed E-state index contributed by atoms with van der Waals surface area (Å²) in [6.07, 6.45) is 2.25. The molecule has 1 aromatic heterocycles. The summed E-state index contributed by atoms with van der Waals surface area (Å²) >= 11 is 1.76. The van der Waals surface area contributed by atoms with Gasteiger partial charge in [0.05, 0.1) is 5.00 Å². The molecule has 1 aromatic rings. The van der Waals surface area contributed by atoms with Gasteiger partial charge < -0.3 is 5.32 Å². The van der Waals surface area contributed by atoms with E-state index in [-0.39, 0.29) is 0 Å². The Labute approximate surface area is 84.5 Å². The number of nitrogens with one attached hydrogen (secondary N) is 1. The number of thiophene rings is 1. The largest absolute Gasteiger partial charge is 0.380 e. The second-order valence-corrected chi connectivity index (χ2v) is 4.11. The lowest BCUT2D eigenvalue weighted by Crippen LogP contribution is -1.91. The first-order valence-corrected chi connectivity index (χ1v) is 5.52. The van der Waals surface area contributed by atoms with Crippen LogP contribution in [0.1, 0.15) is 30.9 Å². The standard InChI is InChI=1S/C11H17NS/c1-5-6-8(2)10-9(3)7-13-11(10)12-4/h7,12H,2,5-6H2,1,3-4H3. The first-order valence-electron chi connectivity index (χ1n) is 4.64. The van der Waals surface area contributed by atoms with Crippen LogP contribution >= 0.6 is 11.3 Å². The Bertz CT molecular complexity index is 299. The SMILES string of the molecule is C=C(CCC)c1c(C)csc1NC. The quantitative estimate of drug-likeness (QED) is 0.768. The average molecular weight is 195 g/mol. The summed E-state index contributed by atoms with van der Waals surface area (Å²) in [4.78, 5) is 0. The molecule has 0 fully saturated rings. The molecule has 1 N–H and O–H groups in total. The molecule has 0 aromatic carbocycles. The molecule has 0 amide bonds. The van der Waals surface area contributed by atoms with E-state index in [4.69, 9.17) is 0 Å². The molecule has 0 saturated heterocycles. The van der Waals surface area contributed by atoms with Crippen molar-refractivity contribution < 1.29 is 0 Å². The predicted molar refractivity (Wildman–Crippen MR) is 62.5 cm³/mol. The van der Waals surface area contributed by atoms with Crippen molar-refractivity contribution in [1.82, 2.24) is 0 Å². The highest BCUT2D eigenvalue weighted by molar-refractivity contribution is 7.14. The highest BCUT2D eigenvalue weighted by Crippen LogP contribution is 2.34. The molecule has 2 heteroatoms. The smallest absolute Gasteiger partial charge is 0.0958 e. The zero-order valence-electron chi connectivity index (χ0n) is 8.61. The van der Waals surface area contributed by atoms with Gasteiger partial charge in [0.15, 0.2) is 0 Å². The molecule has 72 valence electrons. The average Bonchev–Trinajstić information content (AvgIpc) is 2.47. The van der Waals surface area contributed by atoms with Crippen molar-refractivity contribution in [1.29, 1.82) is 0 Å². The van der Waals surface area contributed by atoms with Crippen LogP contribution in [-0.2, 0) is 0 Å². The van der Waals surface area contributed by atoms with Gasteiger partial charge in [0.2, 0.25) is 0 Å². The Morgan fingerprint density at radius 1 is 1.62 bits per heavy atom. The fraction of sp³-hybridized carbons (Fsp3) is 0.455. The molecular weight excluding hydrogens is 178 g/mol. The molecule has 0 aliphatic rings. The minimum Gasteiger partial charge on any atom is -0.380 e. The molecule has 0 radical (unpaired) electrons. The Kier molecular flexibility index (Phi) is 3.55. The van der Waals surface area contributed by atoms with Gasteiger partial charge >= 0.3 is 0 Å². The lowest BCUT2D eigenvalue weighted by atomic mass is 10.0. The summed E-state index contributed by atoms with van der Waals surface area (Å²) in [5.41, 5.74) is 3.92. The number of allylic oxidation sites excluding steroid dienone is 1. The maximum atomic E-state index is 4.12. The highest BCUT2D eigenvalue weighted by atomic mass is 32.1. The predicted octanol–water partition coefficient (Wildman–Crippen LogP) is 3.91. The second-order valence-electron chi connectivity index (χ2n) is 3.23. The first kappa shape index (κ1) is 10.3. The lowest BCUT2D eigenvalue weighted by molar-refractivity contribution is 0.975. The molecule has 0 spiro atoms. The number of anilines is 1. The minimum atomic E-state index is 1.09. The van der Waals surface area contributed by atoms with E-state index < -0.39 is 0 Å². The zero-order chi connectivity index (χ0) is 9.84. The summed E-state index contributed by atoms with van der Waals surface area (Å²) < 4.78 is 0. The number of hydrogen-bond acceptors (Lipinski definition) is 2. The Balaban J connectivity index is 2.96. The molecule has 13 heavy (non-hydrogen) atoms. The van der Waals surface area contributed by atoms with Crippen LogP contribution in [0.3, 0.4) is 0 Å². The van der Waals surface area contributed by atoms with E-state index in [9.17, 15) is 0 Å². The van der Waals surface area contributed by atoms with E-state index in [1.165, 1.54) is 21.7 Å². The normalized spacial score (nSPS) is 10.1. The van der Waals surface area contributed by atoms with Gasteiger partial charge in [0, 0.05) is 12.6 Å². The van der Waals surface area contributed by atoms with Crippen LogP contribution in [0.25, 0.3) is 5.57 Å². The number of aryl methyl sites for hydroxylation is 1. The maximum absolute atomic E-state index is 4.12. The fourth-order valence-corrected chi connectivity index (χ4v) is 2.45. The van der Waals surface area contributed by atoms with Crippen LogP contribution in [0.4, 0.5) is 5.00 Å². The third-order valence-electron chi connectivity index (χ3n) is 2.11. The van der Waals surface area contributed by atoms with Crippen LogP contribution in [0, 0.1) is 6.92 Å². The van der Waals surface area contributed by atoms with Gasteiger partial charge in [-0.25, -0.2) is 0 Å². The van der Waals surface area contributed by atoms with Gasteiger partial charge in [0.1, 0.15) is 0 Å². The first-order chi connectivity index (χ1) is 6.20. The Morgan fingerprint density at radius 2 is 2.31 bits per heavy atom. The van der Waals surface area contributed by atoms with Crippen molar-refractivity contribution in [2.24, 2.45) is 0 Å². The van der Waals surface area contributed by atoms with E-state index in [0.717, 1.165) is 12.8 Å². The van der Waals surface area contributed by atoms with E-state index >= 15 is 0 Å². The molecule has 0 atom stereocenters. The maximum Gasteiger partial charge on any atom is 0.0958 e. The van der Waals surface area contributed by atoms with E-state index in [0.29, 0.717) is 0 Å². The Morgan fingerprint density at radius 3 is 2.85 bits per heavy atom. The van der Waals surface area contributed by atoms with Crippen molar-refractivity contribution in [3.05, 3.63) is 23.1 Å². The lowest BCUT2D eigenvalue weighted by Gasteiger charge is -2.07. The van der Waals surface area contributed by atoms with Gasteiger partial charge in [-0.05, 0) is 29.9 Å². The molecule has 0 aliphatic carbocycles. The summed E-state index contributed by atoms with van der Waals surface area (Å²) in [5.74, 6) is 0. The van der Waals surface area contributed by atoms with Crippen molar-refractivity contribution >= 4 is 21.9 Å². The summed E-state index contributed by atoms with van der Waals surface area (Å²) in [6.45, 7) is 8.46. The number of hydrogen-bond donors (Lipinski definition) is 1. The van der Waals surface area contributed by atoms with Crippen LogP contribution in [-0.4, -0.2) is 7.05 Å². The van der Waals surface area contributed by atoms with Gasteiger partial charge in [-0.1, -0.05) is 19.9 Å². The van der Waals surface area contributed by atoms with Crippen LogP contribution in [0.2, 0.25) is 0 Å². The second kappa shape index (κ2) is 4.47. The summed E-state index contributed by atoms with van der Waals surface area (Å²) in [5, 5.41) is 6.64. The molecule has 1 nitrogen and oxygen atoms in total. The van der Waals surface area contributed by atoms with Crippen molar-refractivity contribution in [3.8, 4) is 0 Å². The van der Waals surface area contributed by atoms with Crippen LogP contribution < -0.4 is 5.32 Å². The number of rotatable bonds is 4. The van der Waals surface area contributed by atoms with E-state index in [2.05, 4.69) is 31.1 Å². The van der Waals surface area contributed by atoms with Gasteiger partial charge in [0.25, 0.3) is 0 Å². The van der Waals surface area contributed by atoms with Crippen LogP contribution in [0.5, 0.6) is 0 Å². The molecule has 0 aliphatic heterocycles. The topological polar surface area (TPSA) is 12.0 Å². The van der Waals surface area contributed by atoms with Crippen LogP contribution in [0.15, 0.2) is 12.0 Å². The van der Waals surface area contributed by atoms with Gasteiger partial charge in [-0.15, -0.1) is 11.3 Å². The minimum absolute atomic E-state index is 1.09. The summed E-state index contributed by atoms with van der Waals surface area (Å²) in [6, 6.07) is 0. The molecular formula is C11H17NS. The molecule has 0 unspecified atom stereocenters. The summed E-state index contributed by atoms with van der Waals surface area (Å²) in [7, 11) is 1.97. The monoisotopic (exact) mass is 195 g/mol. The van der Waals surface area contributed by atoms with Crippen molar-refractivity contribution in [2.45, 2.75) is 26.7 Å². The van der Waals surface area contributed by atoms with E-state index in [1.54, 1.807) is 11.3 Å². The zero-order valence-corrected chi connectivity index (χ0v) is 9.42. The highest BCUT2D eigenvalue weighted by Gasteiger charge is 2.09. The molecule has 1 heterocycles. The van der Waals surface area contributed by atoms with Crippen molar-refractivity contribution in [2.75, 3.05) is 12.4 Å². The van der Waals surface area contributed by atoms with Crippen molar-refractivity contribution in [3.63, 3.8) is 0 Å². The van der Waals surface area contributed by atoms with E-state index in [1.807, 2.05) is 7.05 Å². The Hall–Kier alpha value is -0.760. The molecule has 1 rings (SSSR count). The van der Waals surface area contributed by atoms with Gasteiger partial charge in [-0.3, -0.25) is 0 Å². The van der Waals surface area contributed by atoms with Gasteiger partial charge in [-0.2, -0.15) is 0 Å².